The van der Waals surface area contributed by atoms with Crippen molar-refractivity contribution in [3.05, 3.63) is 12.2 Å². The smallest absolute Gasteiger partial charge is 0.279 e. The van der Waals surface area contributed by atoms with Crippen LogP contribution in [0.15, 0.2) is 17.1 Å². The second-order valence-electron chi connectivity index (χ2n) is 1.45. The summed E-state index contributed by atoms with van der Waals surface area (Å²) in [6, 6.07) is 0. The zero-order valence-corrected chi connectivity index (χ0v) is 5.44. The molecule has 0 aromatic heterocycles. The molecule has 3 heteroatoms. The Morgan fingerprint density at radius 3 is 2.22 bits per heavy atom. The van der Waals surface area contributed by atoms with Gasteiger partial charge in [0.05, 0.1) is 5.71 Å². The van der Waals surface area contributed by atoms with Crippen molar-refractivity contribution in [2.45, 2.75) is 13.3 Å². The summed E-state index contributed by atoms with van der Waals surface area (Å²) in [7, 11) is 1.35. The maximum atomic E-state index is 11.7. The van der Waals surface area contributed by atoms with Crippen molar-refractivity contribution in [1.82, 2.24) is 0 Å². The van der Waals surface area contributed by atoms with Gasteiger partial charge in [-0.15, -0.1) is 0 Å². The molecule has 0 aliphatic rings. The summed E-state index contributed by atoms with van der Waals surface area (Å²) in [6.45, 7) is 1.67. The molecule has 0 unspecified atom stereocenters. The van der Waals surface area contributed by atoms with Crippen LogP contribution in [0.3, 0.4) is 0 Å². The lowest BCUT2D eigenvalue weighted by molar-refractivity contribution is 0.226. The van der Waals surface area contributed by atoms with E-state index in [4.69, 9.17) is 0 Å². The van der Waals surface area contributed by atoms with Gasteiger partial charge in [0.15, 0.2) is 0 Å². The molecule has 0 heterocycles. The van der Waals surface area contributed by atoms with Crippen molar-refractivity contribution in [2.75, 3.05) is 7.05 Å². The van der Waals surface area contributed by atoms with Crippen LogP contribution in [0.25, 0.3) is 0 Å². The lowest BCUT2D eigenvalue weighted by atomic mass is 10.3. The molecule has 0 bridgehead atoms. The van der Waals surface area contributed by atoms with Gasteiger partial charge in [-0.3, -0.25) is 4.99 Å². The molecule has 0 aromatic rings. The Labute approximate surface area is 53.1 Å². The van der Waals surface area contributed by atoms with E-state index in [0.717, 1.165) is 0 Å². The number of nitrogens with zero attached hydrogens (tertiary/aromatic N) is 1. The first-order valence-electron chi connectivity index (χ1n) is 2.60. The third-order valence-corrected chi connectivity index (χ3v) is 0.819. The highest BCUT2D eigenvalue weighted by molar-refractivity contribution is 5.97. The third kappa shape index (κ3) is 2.95. The molecular formula is C6H9F2N. The van der Waals surface area contributed by atoms with E-state index in [9.17, 15) is 8.78 Å². The minimum Gasteiger partial charge on any atom is -0.287 e. The topological polar surface area (TPSA) is 12.4 Å². The lowest BCUT2D eigenvalue weighted by Crippen LogP contribution is -2.05. The fourth-order valence-corrected chi connectivity index (χ4v) is 0.416. The molecule has 0 aliphatic heterocycles. The normalized spacial score (nSPS) is 13.7. The van der Waals surface area contributed by atoms with Gasteiger partial charge < -0.3 is 0 Å². The fraction of sp³-hybridized carbons (Fsp3) is 0.500. The Bertz CT molecular complexity index is 127. The number of hydrogen-bond acceptors (Lipinski definition) is 1. The van der Waals surface area contributed by atoms with Crippen LogP contribution in [0.5, 0.6) is 0 Å². The minimum atomic E-state index is -2.45. The van der Waals surface area contributed by atoms with E-state index in [1.54, 1.807) is 6.92 Å². The van der Waals surface area contributed by atoms with E-state index >= 15 is 0 Å². The number of hydrogen-bond donors (Lipinski definition) is 0. The molecule has 0 saturated heterocycles. The summed E-state index contributed by atoms with van der Waals surface area (Å²) in [5.41, 5.74) is -0.169. The molecular weight excluding hydrogens is 124 g/mol. The molecule has 0 spiro atoms. The first-order valence-corrected chi connectivity index (χ1v) is 2.60. The minimum absolute atomic E-state index is 0.169. The average molecular weight is 133 g/mol. The lowest BCUT2D eigenvalue weighted by Gasteiger charge is -1.94. The first-order chi connectivity index (χ1) is 4.22. The largest absolute Gasteiger partial charge is 0.287 e. The third-order valence-electron chi connectivity index (χ3n) is 0.819. The highest BCUT2D eigenvalue weighted by Gasteiger charge is 2.06. The van der Waals surface area contributed by atoms with E-state index in [0.29, 0.717) is 0 Å². The molecule has 0 fully saturated rings. The zero-order valence-electron chi connectivity index (χ0n) is 5.44. The highest BCUT2D eigenvalue weighted by Crippen LogP contribution is 1.97. The summed E-state index contributed by atoms with van der Waals surface area (Å²) in [6.07, 6.45) is 0.380. The first kappa shape index (κ1) is 8.27. The van der Waals surface area contributed by atoms with Crippen molar-refractivity contribution in [3.8, 4) is 0 Å². The molecule has 0 amide bonds. The van der Waals surface area contributed by atoms with Gasteiger partial charge in [-0.2, -0.15) is 0 Å². The standard InChI is InChI=1S/C6H9F2N/c1-3-4-5(9-2)6(7)8/h3-4,6H,1-2H3/b4-3-,9-5?. The Kier molecular flexibility index (Phi) is 3.84. The van der Waals surface area contributed by atoms with E-state index in [1.807, 2.05) is 0 Å². The molecule has 0 aromatic carbocycles. The molecule has 9 heavy (non-hydrogen) atoms. The van der Waals surface area contributed by atoms with Gasteiger partial charge in [-0.05, 0) is 13.0 Å². The summed E-state index contributed by atoms with van der Waals surface area (Å²) in [5, 5.41) is 0. The van der Waals surface area contributed by atoms with Crippen LogP contribution in [-0.4, -0.2) is 19.2 Å². The van der Waals surface area contributed by atoms with E-state index < -0.39 is 6.43 Å². The molecule has 0 rings (SSSR count). The molecule has 52 valence electrons. The van der Waals surface area contributed by atoms with Crippen LogP contribution in [0.2, 0.25) is 0 Å². The molecule has 0 aliphatic carbocycles. The van der Waals surface area contributed by atoms with Gasteiger partial charge in [0.2, 0.25) is 0 Å². The van der Waals surface area contributed by atoms with Gasteiger partial charge in [0.1, 0.15) is 0 Å². The number of allylic oxidation sites excluding steroid dienone is 2. The van der Waals surface area contributed by atoms with Crippen LogP contribution in [0, 0.1) is 0 Å². The second-order valence-corrected chi connectivity index (χ2v) is 1.45. The van der Waals surface area contributed by atoms with E-state index in [1.165, 1.54) is 19.2 Å². The van der Waals surface area contributed by atoms with Crippen molar-refractivity contribution in [1.29, 1.82) is 0 Å². The number of aliphatic imine (C=N–C) groups is 1. The predicted molar refractivity (Wildman–Crippen MR) is 34.2 cm³/mol. The molecule has 0 radical (unpaired) electrons. The van der Waals surface area contributed by atoms with Gasteiger partial charge >= 0.3 is 0 Å². The van der Waals surface area contributed by atoms with Gasteiger partial charge in [-0.25, -0.2) is 8.78 Å². The predicted octanol–water partition coefficient (Wildman–Crippen LogP) is 1.90. The van der Waals surface area contributed by atoms with Crippen molar-refractivity contribution in [2.24, 2.45) is 4.99 Å². The number of alkyl halides is 2. The van der Waals surface area contributed by atoms with Crippen molar-refractivity contribution >= 4 is 5.71 Å². The van der Waals surface area contributed by atoms with Crippen LogP contribution in [0.1, 0.15) is 6.92 Å². The maximum Gasteiger partial charge on any atom is 0.279 e. The van der Waals surface area contributed by atoms with Crippen LogP contribution < -0.4 is 0 Å². The molecule has 1 nitrogen and oxygen atoms in total. The summed E-state index contributed by atoms with van der Waals surface area (Å²) in [4.78, 5) is 3.36. The number of halogens is 2. The zero-order chi connectivity index (χ0) is 7.28. The Morgan fingerprint density at radius 2 is 2.11 bits per heavy atom. The van der Waals surface area contributed by atoms with E-state index in [-0.39, 0.29) is 5.71 Å². The Balaban J connectivity index is 4.01. The SMILES string of the molecule is C/C=C\C(=NC)C(F)F. The maximum absolute atomic E-state index is 11.7. The van der Waals surface area contributed by atoms with Gasteiger partial charge in [-0.1, -0.05) is 6.08 Å². The molecule has 0 atom stereocenters. The van der Waals surface area contributed by atoms with Crippen LogP contribution in [-0.2, 0) is 0 Å². The Hall–Kier alpha value is -0.730. The second kappa shape index (κ2) is 4.18. The Morgan fingerprint density at radius 1 is 1.56 bits per heavy atom. The summed E-state index contributed by atoms with van der Waals surface area (Å²) < 4.78 is 23.4. The quantitative estimate of drug-likeness (QED) is 0.510. The van der Waals surface area contributed by atoms with Crippen molar-refractivity contribution in [3.63, 3.8) is 0 Å². The number of rotatable bonds is 2. The average Bonchev–Trinajstić information content (AvgIpc) is 1.82. The summed E-state index contributed by atoms with van der Waals surface area (Å²) >= 11 is 0. The highest BCUT2D eigenvalue weighted by atomic mass is 19.3. The summed E-state index contributed by atoms with van der Waals surface area (Å²) in [5.74, 6) is 0. The van der Waals surface area contributed by atoms with Crippen LogP contribution in [0.4, 0.5) is 8.78 Å². The monoisotopic (exact) mass is 133 g/mol. The van der Waals surface area contributed by atoms with Crippen LogP contribution >= 0.6 is 0 Å². The van der Waals surface area contributed by atoms with E-state index in [2.05, 4.69) is 4.99 Å². The van der Waals surface area contributed by atoms with Gasteiger partial charge in [0, 0.05) is 7.05 Å². The molecule has 0 saturated carbocycles. The van der Waals surface area contributed by atoms with Gasteiger partial charge in [0.25, 0.3) is 6.43 Å². The van der Waals surface area contributed by atoms with Crippen molar-refractivity contribution < 1.29 is 8.78 Å². The fourth-order valence-electron chi connectivity index (χ4n) is 0.416. The molecule has 0 N–H and O–H groups in total.